The van der Waals surface area contributed by atoms with Gasteiger partial charge in [-0.2, -0.15) is 0 Å². The van der Waals surface area contributed by atoms with Crippen molar-refractivity contribution in [3.63, 3.8) is 0 Å². The van der Waals surface area contributed by atoms with Crippen molar-refractivity contribution in [2.24, 2.45) is 0 Å². The van der Waals surface area contributed by atoms with E-state index in [9.17, 15) is 9.59 Å². The van der Waals surface area contributed by atoms with Gasteiger partial charge in [-0.05, 0) is 57.8 Å². The summed E-state index contributed by atoms with van der Waals surface area (Å²) in [6.45, 7) is 5.32. The molecule has 0 bridgehead atoms. The molecule has 1 unspecified atom stereocenters. The second-order valence-electron chi connectivity index (χ2n) is 7.80. The fourth-order valence-corrected chi connectivity index (χ4v) is 4.44. The number of para-hydroxylation sites is 2. The lowest BCUT2D eigenvalue weighted by molar-refractivity contribution is -0.139. The highest BCUT2D eigenvalue weighted by atomic mass is 16.2. The summed E-state index contributed by atoms with van der Waals surface area (Å²) in [4.78, 5) is 29.9. The van der Waals surface area contributed by atoms with Gasteiger partial charge in [0.15, 0.2) is 0 Å². The predicted octanol–water partition coefficient (Wildman–Crippen LogP) is 2.29. The molecule has 1 aromatic carbocycles. The van der Waals surface area contributed by atoms with Crippen LogP contribution in [0.2, 0.25) is 0 Å². The lowest BCUT2D eigenvalue weighted by Crippen LogP contribution is -2.60. The maximum atomic E-state index is 12.9. The summed E-state index contributed by atoms with van der Waals surface area (Å²) in [7, 11) is 0. The number of nitrogens with one attached hydrogen (secondary N) is 2. The second-order valence-corrected chi connectivity index (χ2v) is 7.80. The third-order valence-corrected chi connectivity index (χ3v) is 6.21. The van der Waals surface area contributed by atoms with E-state index in [1.54, 1.807) is 0 Å². The SMILES string of the molecule is CC(C(=O)N1CCC2(CC1)Nc1ccccc1NC2=O)N1CCCCC1. The molecule has 2 amide bonds. The van der Waals surface area contributed by atoms with Crippen LogP contribution in [0, 0.1) is 0 Å². The predicted molar refractivity (Wildman–Crippen MR) is 102 cm³/mol. The third kappa shape index (κ3) is 3.07. The molecule has 3 heterocycles. The number of piperidine rings is 2. The van der Waals surface area contributed by atoms with Gasteiger partial charge in [0.25, 0.3) is 0 Å². The minimum Gasteiger partial charge on any atom is -0.369 e. The zero-order chi connectivity index (χ0) is 18.1. The topological polar surface area (TPSA) is 64.7 Å². The van der Waals surface area contributed by atoms with Crippen molar-refractivity contribution >= 4 is 23.2 Å². The van der Waals surface area contributed by atoms with E-state index in [0.717, 1.165) is 24.5 Å². The summed E-state index contributed by atoms with van der Waals surface area (Å²) in [6, 6.07) is 7.73. The number of hydrogen-bond donors (Lipinski definition) is 2. The molecule has 0 radical (unpaired) electrons. The van der Waals surface area contributed by atoms with Gasteiger partial charge >= 0.3 is 0 Å². The quantitative estimate of drug-likeness (QED) is 0.853. The maximum absolute atomic E-state index is 12.9. The van der Waals surface area contributed by atoms with E-state index in [4.69, 9.17) is 0 Å². The number of fused-ring (bicyclic) bond motifs is 1. The second kappa shape index (κ2) is 6.91. The highest BCUT2D eigenvalue weighted by molar-refractivity contribution is 6.06. The first-order valence-electron chi connectivity index (χ1n) is 9.81. The van der Waals surface area contributed by atoms with Crippen molar-refractivity contribution in [3.8, 4) is 0 Å². The number of rotatable bonds is 2. The van der Waals surface area contributed by atoms with Crippen LogP contribution in [0.4, 0.5) is 11.4 Å². The van der Waals surface area contributed by atoms with Crippen molar-refractivity contribution in [1.82, 2.24) is 9.80 Å². The molecule has 0 aromatic heterocycles. The Morgan fingerprint density at radius 2 is 1.69 bits per heavy atom. The number of hydrogen-bond acceptors (Lipinski definition) is 4. The summed E-state index contributed by atoms with van der Waals surface area (Å²) in [5, 5.41) is 6.48. The molecule has 1 spiro atoms. The first-order chi connectivity index (χ1) is 12.6. The van der Waals surface area contributed by atoms with Gasteiger partial charge in [0.05, 0.1) is 17.4 Å². The van der Waals surface area contributed by atoms with Gasteiger partial charge in [-0.15, -0.1) is 0 Å². The molecular formula is C20H28N4O2. The van der Waals surface area contributed by atoms with Gasteiger partial charge in [-0.1, -0.05) is 18.6 Å². The maximum Gasteiger partial charge on any atom is 0.250 e. The first kappa shape index (κ1) is 17.3. The first-order valence-corrected chi connectivity index (χ1v) is 9.81. The molecule has 6 heteroatoms. The van der Waals surface area contributed by atoms with Crippen molar-refractivity contribution in [3.05, 3.63) is 24.3 Å². The monoisotopic (exact) mass is 356 g/mol. The van der Waals surface area contributed by atoms with Crippen LogP contribution >= 0.6 is 0 Å². The molecule has 3 aliphatic heterocycles. The number of likely N-dealkylation sites (tertiary alicyclic amines) is 2. The molecule has 1 atom stereocenters. The molecule has 140 valence electrons. The van der Waals surface area contributed by atoms with E-state index >= 15 is 0 Å². The zero-order valence-electron chi connectivity index (χ0n) is 15.5. The molecule has 0 saturated carbocycles. The summed E-state index contributed by atoms with van der Waals surface area (Å²) in [5.74, 6) is 0.228. The molecule has 2 N–H and O–H groups in total. The normalized spacial score (nSPS) is 23.7. The van der Waals surface area contributed by atoms with E-state index < -0.39 is 5.54 Å². The van der Waals surface area contributed by atoms with E-state index in [1.807, 2.05) is 36.1 Å². The average Bonchev–Trinajstić information content (AvgIpc) is 2.69. The van der Waals surface area contributed by atoms with Crippen LogP contribution in [0.3, 0.4) is 0 Å². The number of nitrogens with zero attached hydrogens (tertiary/aromatic N) is 2. The van der Waals surface area contributed by atoms with E-state index in [-0.39, 0.29) is 17.9 Å². The Morgan fingerprint density at radius 3 is 2.38 bits per heavy atom. The Bertz CT molecular complexity index is 691. The summed E-state index contributed by atoms with van der Waals surface area (Å²) < 4.78 is 0. The van der Waals surface area contributed by atoms with Crippen LogP contribution in [0.1, 0.15) is 39.0 Å². The number of carbonyl (C=O) groups excluding carboxylic acids is 2. The third-order valence-electron chi connectivity index (χ3n) is 6.21. The van der Waals surface area contributed by atoms with Crippen molar-refractivity contribution in [2.75, 3.05) is 36.8 Å². The Balaban J connectivity index is 1.41. The van der Waals surface area contributed by atoms with E-state index in [2.05, 4.69) is 15.5 Å². The fourth-order valence-electron chi connectivity index (χ4n) is 4.44. The Kier molecular flexibility index (Phi) is 4.61. The number of anilines is 2. The highest BCUT2D eigenvalue weighted by Crippen LogP contribution is 2.36. The summed E-state index contributed by atoms with van der Waals surface area (Å²) in [6.07, 6.45) is 4.93. The molecular weight excluding hydrogens is 328 g/mol. The van der Waals surface area contributed by atoms with Crippen LogP contribution < -0.4 is 10.6 Å². The standard InChI is InChI=1S/C20H28N4O2/c1-15(23-11-5-2-6-12-23)18(25)24-13-9-20(10-14-24)19(26)21-16-7-3-4-8-17(16)22-20/h3-4,7-8,15,22H,2,5-6,9-14H2,1H3,(H,21,26). The molecule has 2 saturated heterocycles. The molecule has 3 aliphatic rings. The van der Waals surface area contributed by atoms with Crippen LogP contribution in [0.15, 0.2) is 24.3 Å². The lowest BCUT2D eigenvalue weighted by Gasteiger charge is -2.45. The van der Waals surface area contributed by atoms with E-state index in [1.165, 1.54) is 19.3 Å². The van der Waals surface area contributed by atoms with Crippen molar-refractivity contribution < 1.29 is 9.59 Å². The Hall–Kier alpha value is -2.08. The van der Waals surface area contributed by atoms with Crippen LogP contribution in [-0.4, -0.2) is 59.4 Å². The number of benzene rings is 1. The number of carbonyl (C=O) groups is 2. The van der Waals surface area contributed by atoms with Crippen LogP contribution in [0.5, 0.6) is 0 Å². The minimum atomic E-state index is -0.598. The van der Waals surface area contributed by atoms with E-state index in [0.29, 0.717) is 25.9 Å². The van der Waals surface area contributed by atoms with Gasteiger partial charge in [0.2, 0.25) is 11.8 Å². The average molecular weight is 356 g/mol. The van der Waals surface area contributed by atoms with Gasteiger partial charge in [0, 0.05) is 13.1 Å². The van der Waals surface area contributed by atoms with Gasteiger partial charge in [-0.25, -0.2) is 0 Å². The molecule has 0 aliphatic carbocycles. The van der Waals surface area contributed by atoms with Gasteiger partial charge < -0.3 is 15.5 Å². The summed E-state index contributed by atoms with van der Waals surface area (Å²) >= 11 is 0. The molecule has 2 fully saturated rings. The van der Waals surface area contributed by atoms with Crippen LogP contribution in [-0.2, 0) is 9.59 Å². The largest absolute Gasteiger partial charge is 0.369 e. The van der Waals surface area contributed by atoms with Gasteiger partial charge in [0.1, 0.15) is 5.54 Å². The summed E-state index contributed by atoms with van der Waals surface area (Å²) in [5.41, 5.74) is 1.20. The molecule has 4 rings (SSSR count). The molecule has 1 aromatic rings. The Labute approximate surface area is 154 Å². The zero-order valence-corrected chi connectivity index (χ0v) is 15.5. The fraction of sp³-hybridized carbons (Fsp3) is 0.600. The molecule has 6 nitrogen and oxygen atoms in total. The minimum absolute atomic E-state index is 0.0207. The van der Waals surface area contributed by atoms with Gasteiger partial charge in [-0.3, -0.25) is 14.5 Å². The smallest absolute Gasteiger partial charge is 0.250 e. The van der Waals surface area contributed by atoms with Crippen molar-refractivity contribution in [1.29, 1.82) is 0 Å². The molecule has 26 heavy (non-hydrogen) atoms. The Morgan fingerprint density at radius 1 is 1.04 bits per heavy atom. The van der Waals surface area contributed by atoms with Crippen LogP contribution in [0.25, 0.3) is 0 Å². The van der Waals surface area contributed by atoms with Crippen molar-refractivity contribution in [2.45, 2.75) is 50.6 Å². The lowest BCUT2D eigenvalue weighted by atomic mass is 9.84. The highest BCUT2D eigenvalue weighted by Gasteiger charge is 2.45. The number of amides is 2.